The number of nitrogens with one attached hydrogen (secondary N) is 1. The molecule has 0 aliphatic carbocycles. The van der Waals surface area contributed by atoms with Crippen LogP contribution in [0.1, 0.15) is 37.0 Å². The van der Waals surface area contributed by atoms with Crippen LogP contribution in [0.25, 0.3) is 0 Å². The van der Waals surface area contributed by atoms with Gasteiger partial charge in [0, 0.05) is 37.7 Å². The number of nitrogens with zero attached hydrogens (tertiary/aromatic N) is 4. The van der Waals surface area contributed by atoms with Gasteiger partial charge in [0.1, 0.15) is 29.6 Å². The van der Waals surface area contributed by atoms with E-state index < -0.39 is 41.8 Å². The Morgan fingerprint density at radius 3 is 2.40 bits per heavy atom. The molecule has 2 aliphatic rings. The minimum atomic E-state index is -1.00. The van der Waals surface area contributed by atoms with Crippen molar-refractivity contribution in [2.45, 2.75) is 58.0 Å². The molecule has 0 aromatic heterocycles. The molecule has 2 heterocycles. The number of hydrogen-bond acceptors (Lipinski definition) is 5. The smallest absolute Gasteiger partial charge is 0.334 e. The number of aromatic hydroxyl groups is 1. The molecule has 226 valence electrons. The minimum absolute atomic E-state index is 0.0594. The number of amides is 4. The number of piperazine rings is 1. The fraction of sp³-hybridized carbons (Fsp3) is 0.344. The number of hydrazine groups is 1. The van der Waals surface area contributed by atoms with Crippen molar-refractivity contribution < 1.29 is 28.3 Å². The van der Waals surface area contributed by atoms with Gasteiger partial charge in [-0.3, -0.25) is 9.59 Å². The first-order valence-corrected chi connectivity index (χ1v) is 14.4. The maximum Gasteiger partial charge on any atom is 0.334 e. The van der Waals surface area contributed by atoms with E-state index in [2.05, 4.69) is 5.32 Å². The van der Waals surface area contributed by atoms with Crippen LogP contribution in [0.5, 0.6) is 5.75 Å². The second-order valence-electron chi connectivity index (χ2n) is 10.9. The average molecular weight is 592 g/mol. The maximum absolute atomic E-state index is 14.8. The highest BCUT2D eigenvalue weighted by Crippen LogP contribution is 2.33. The lowest BCUT2D eigenvalue weighted by Crippen LogP contribution is -2.79. The molecular formula is C32H35F2N5O4. The molecule has 0 saturated carbocycles. The lowest BCUT2D eigenvalue weighted by atomic mass is 9.94. The van der Waals surface area contributed by atoms with Crippen LogP contribution in [-0.4, -0.2) is 74.1 Å². The Bertz CT molecular complexity index is 1470. The largest absolute Gasteiger partial charge is 0.508 e. The summed E-state index contributed by atoms with van der Waals surface area (Å²) in [4.78, 5) is 44.8. The van der Waals surface area contributed by atoms with Crippen LogP contribution in [0.4, 0.5) is 13.6 Å². The van der Waals surface area contributed by atoms with Gasteiger partial charge >= 0.3 is 6.03 Å². The van der Waals surface area contributed by atoms with Gasteiger partial charge in [0.05, 0.1) is 12.6 Å². The lowest BCUT2D eigenvalue weighted by Gasteiger charge is -2.58. The predicted octanol–water partition coefficient (Wildman–Crippen LogP) is 4.02. The van der Waals surface area contributed by atoms with E-state index in [1.165, 1.54) is 33.0 Å². The molecule has 3 aromatic rings. The van der Waals surface area contributed by atoms with Gasteiger partial charge < -0.3 is 20.2 Å². The van der Waals surface area contributed by atoms with Crippen molar-refractivity contribution in [1.82, 2.24) is 25.1 Å². The fourth-order valence-corrected chi connectivity index (χ4v) is 5.86. The Kier molecular flexibility index (Phi) is 8.91. The molecule has 2 N–H and O–H groups in total. The van der Waals surface area contributed by atoms with E-state index in [9.17, 15) is 28.3 Å². The number of benzene rings is 3. The van der Waals surface area contributed by atoms with Crippen LogP contribution >= 0.6 is 0 Å². The van der Waals surface area contributed by atoms with Crippen LogP contribution in [-0.2, 0) is 29.1 Å². The quantitative estimate of drug-likeness (QED) is 0.413. The normalized spacial score (nSPS) is 20.7. The summed E-state index contributed by atoms with van der Waals surface area (Å²) in [6, 6.07) is 16.8. The monoisotopic (exact) mass is 591 g/mol. The molecule has 2 fully saturated rings. The third-order valence-corrected chi connectivity index (χ3v) is 7.97. The molecule has 3 atom stereocenters. The molecule has 1 unspecified atom stereocenters. The second-order valence-corrected chi connectivity index (χ2v) is 10.9. The van der Waals surface area contributed by atoms with Crippen molar-refractivity contribution in [1.29, 1.82) is 0 Å². The fourth-order valence-electron chi connectivity index (χ4n) is 5.86. The molecule has 11 heteroatoms. The average Bonchev–Trinajstić information content (AvgIpc) is 2.99. The Morgan fingerprint density at radius 1 is 1.00 bits per heavy atom. The zero-order chi connectivity index (χ0) is 30.7. The third kappa shape index (κ3) is 6.31. The van der Waals surface area contributed by atoms with Crippen LogP contribution in [0, 0.1) is 11.6 Å². The first-order chi connectivity index (χ1) is 20.7. The molecular weight excluding hydrogens is 556 g/mol. The summed E-state index contributed by atoms with van der Waals surface area (Å²) in [5, 5.41) is 16.0. The Morgan fingerprint density at radius 2 is 1.72 bits per heavy atom. The van der Waals surface area contributed by atoms with E-state index in [-0.39, 0.29) is 43.3 Å². The van der Waals surface area contributed by atoms with Gasteiger partial charge in [-0.15, -0.1) is 0 Å². The van der Waals surface area contributed by atoms with E-state index >= 15 is 0 Å². The molecule has 2 aliphatic heterocycles. The zero-order valence-corrected chi connectivity index (χ0v) is 24.1. The van der Waals surface area contributed by atoms with Crippen LogP contribution in [0.15, 0.2) is 72.8 Å². The van der Waals surface area contributed by atoms with Gasteiger partial charge in [0.2, 0.25) is 11.8 Å². The summed E-state index contributed by atoms with van der Waals surface area (Å²) in [6.07, 6.45) is -0.118. The zero-order valence-electron chi connectivity index (χ0n) is 24.1. The van der Waals surface area contributed by atoms with Crippen LogP contribution < -0.4 is 5.32 Å². The highest BCUT2D eigenvalue weighted by atomic mass is 19.1. The molecule has 4 amide bonds. The standard InChI is InChI=1S/C32H35F2N5O4/c1-3-15-36-20-29(41)38-28(16-22-9-13-26(40)14-10-22)31(42)37(19-24-11-12-25(33)17-27(24)34)21(2)30(38)39(36)32(43)35-18-23-7-5-4-6-8-23/h4-14,17,21,28,30,40H,3,15-16,18-20H2,1-2H3,(H,35,43)/t21-,28-,30?/m0/s1. The molecule has 0 bridgehead atoms. The van der Waals surface area contributed by atoms with Gasteiger partial charge in [-0.2, -0.15) is 0 Å². The van der Waals surface area contributed by atoms with Crippen molar-refractivity contribution in [2.75, 3.05) is 13.1 Å². The van der Waals surface area contributed by atoms with Crippen molar-refractivity contribution >= 4 is 17.8 Å². The molecule has 0 spiro atoms. The summed E-state index contributed by atoms with van der Waals surface area (Å²) >= 11 is 0. The molecule has 9 nitrogen and oxygen atoms in total. The number of urea groups is 1. The van der Waals surface area contributed by atoms with Crippen LogP contribution in [0.2, 0.25) is 0 Å². The molecule has 2 saturated heterocycles. The SMILES string of the molecule is CCCN1CC(=O)N2C([C@H](C)N(Cc3ccc(F)cc3F)C(=O)[C@@H]2Cc2ccc(O)cc2)N1C(=O)NCc1ccccc1. The highest BCUT2D eigenvalue weighted by molar-refractivity contribution is 5.92. The summed E-state index contributed by atoms with van der Waals surface area (Å²) in [5.41, 5.74) is 1.71. The third-order valence-electron chi connectivity index (χ3n) is 7.97. The Hall–Kier alpha value is -4.51. The number of fused-ring (bicyclic) bond motifs is 1. The Labute approximate surface area is 249 Å². The molecule has 3 aromatic carbocycles. The van der Waals surface area contributed by atoms with Crippen molar-refractivity contribution in [2.24, 2.45) is 0 Å². The Balaban J connectivity index is 1.54. The summed E-state index contributed by atoms with van der Waals surface area (Å²) in [7, 11) is 0. The van der Waals surface area contributed by atoms with Gasteiger partial charge in [0.15, 0.2) is 0 Å². The molecule has 43 heavy (non-hydrogen) atoms. The highest BCUT2D eigenvalue weighted by Gasteiger charge is 2.54. The summed E-state index contributed by atoms with van der Waals surface area (Å²) in [5.74, 6) is -2.18. The number of hydrogen-bond donors (Lipinski definition) is 2. The minimum Gasteiger partial charge on any atom is -0.508 e. The maximum atomic E-state index is 14.8. The number of halogens is 2. The number of phenolic OH excluding ortho intramolecular Hbond substituents is 1. The van der Waals surface area contributed by atoms with E-state index in [0.29, 0.717) is 18.5 Å². The molecule has 5 rings (SSSR count). The van der Waals surface area contributed by atoms with Crippen molar-refractivity contribution in [3.05, 3.63) is 101 Å². The van der Waals surface area contributed by atoms with Gasteiger partial charge in [0.25, 0.3) is 0 Å². The van der Waals surface area contributed by atoms with E-state index in [4.69, 9.17) is 0 Å². The van der Waals surface area contributed by atoms with Gasteiger partial charge in [-0.1, -0.05) is 55.5 Å². The first kappa shape index (κ1) is 30.0. The van der Waals surface area contributed by atoms with Crippen molar-refractivity contribution in [3.8, 4) is 5.75 Å². The van der Waals surface area contributed by atoms with Gasteiger partial charge in [-0.05, 0) is 42.7 Å². The number of phenols is 1. The second kappa shape index (κ2) is 12.8. The topological polar surface area (TPSA) is 96.4 Å². The van der Waals surface area contributed by atoms with Crippen LogP contribution in [0.3, 0.4) is 0 Å². The number of carbonyl (C=O) groups excluding carboxylic acids is 3. The predicted molar refractivity (Wildman–Crippen MR) is 155 cm³/mol. The summed E-state index contributed by atoms with van der Waals surface area (Å²) in [6.45, 7) is 4.08. The summed E-state index contributed by atoms with van der Waals surface area (Å²) < 4.78 is 28.5. The van der Waals surface area contributed by atoms with Gasteiger partial charge in [-0.25, -0.2) is 23.6 Å². The van der Waals surface area contributed by atoms with E-state index in [1.807, 2.05) is 37.3 Å². The number of carbonyl (C=O) groups is 3. The number of rotatable bonds is 8. The first-order valence-electron chi connectivity index (χ1n) is 14.4. The van der Waals surface area contributed by atoms with E-state index in [1.54, 1.807) is 24.1 Å². The molecule has 0 radical (unpaired) electrons. The lowest BCUT2D eigenvalue weighted by molar-refractivity contribution is -0.199. The van der Waals surface area contributed by atoms with E-state index in [0.717, 1.165) is 17.7 Å². The van der Waals surface area contributed by atoms with Crippen molar-refractivity contribution in [3.63, 3.8) is 0 Å².